The fourth-order valence-corrected chi connectivity index (χ4v) is 2.50. The summed E-state index contributed by atoms with van der Waals surface area (Å²) in [6.45, 7) is 0.566. The molecule has 4 rings (SSSR count). The lowest BCUT2D eigenvalue weighted by Gasteiger charge is -2.05. The highest BCUT2D eigenvalue weighted by molar-refractivity contribution is 5.60. The Morgan fingerprint density at radius 2 is 1.76 bits per heavy atom. The van der Waals surface area contributed by atoms with Crippen molar-refractivity contribution < 1.29 is 0 Å². The second-order valence-corrected chi connectivity index (χ2v) is 5.51. The first-order valence-corrected chi connectivity index (χ1v) is 7.95. The molecule has 1 aromatic carbocycles. The molecular weight excluding hydrogens is 312 g/mol. The number of nitrogens with one attached hydrogen (secondary N) is 2. The van der Waals surface area contributed by atoms with E-state index in [1.165, 1.54) is 0 Å². The average molecular weight is 328 g/mol. The summed E-state index contributed by atoms with van der Waals surface area (Å²) < 4.78 is 0. The number of aromatic amines is 1. The van der Waals surface area contributed by atoms with Crippen molar-refractivity contribution in [2.24, 2.45) is 0 Å². The fourth-order valence-electron chi connectivity index (χ4n) is 2.50. The van der Waals surface area contributed by atoms with Crippen LogP contribution in [-0.2, 0) is 6.54 Å². The normalized spacial score (nSPS) is 10.6. The molecule has 2 N–H and O–H groups in total. The molecule has 122 valence electrons. The van der Waals surface area contributed by atoms with E-state index in [-0.39, 0.29) is 0 Å². The van der Waals surface area contributed by atoms with E-state index in [2.05, 4.69) is 30.5 Å². The SMILES string of the molecule is c1ccc(-c2cc(CNc3nccc(-c4cccnc4)n3)[nH]n2)cc1. The lowest BCUT2D eigenvalue weighted by molar-refractivity contribution is 0.963. The van der Waals surface area contributed by atoms with Gasteiger partial charge in [0.1, 0.15) is 0 Å². The highest BCUT2D eigenvalue weighted by atomic mass is 15.2. The number of aromatic nitrogens is 5. The maximum absolute atomic E-state index is 4.53. The summed E-state index contributed by atoms with van der Waals surface area (Å²) in [5, 5.41) is 10.6. The van der Waals surface area contributed by atoms with Crippen molar-refractivity contribution in [2.45, 2.75) is 6.54 Å². The quantitative estimate of drug-likeness (QED) is 0.586. The molecule has 0 aliphatic heterocycles. The number of anilines is 1. The van der Waals surface area contributed by atoms with E-state index in [1.54, 1.807) is 18.6 Å². The maximum Gasteiger partial charge on any atom is 0.223 e. The first kappa shape index (κ1) is 15.0. The van der Waals surface area contributed by atoms with Gasteiger partial charge in [-0.25, -0.2) is 9.97 Å². The topological polar surface area (TPSA) is 79.4 Å². The molecule has 0 saturated heterocycles. The number of hydrogen-bond acceptors (Lipinski definition) is 5. The van der Waals surface area contributed by atoms with E-state index in [0.717, 1.165) is 28.2 Å². The fraction of sp³-hybridized carbons (Fsp3) is 0.0526. The van der Waals surface area contributed by atoms with Crippen LogP contribution in [0.1, 0.15) is 5.69 Å². The molecule has 0 unspecified atom stereocenters. The predicted molar refractivity (Wildman–Crippen MR) is 96.6 cm³/mol. The van der Waals surface area contributed by atoms with E-state index in [1.807, 2.05) is 54.6 Å². The molecule has 3 aromatic heterocycles. The predicted octanol–water partition coefficient (Wildman–Crippen LogP) is 3.54. The van der Waals surface area contributed by atoms with E-state index < -0.39 is 0 Å². The van der Waals surface area contributed by atoms with Crippen LogP contribution < -0.4 is 5.32 Å². The van der Waals surface area contributed by atoms with Crippen LogP contribution in [0, 0.1) is 0 Å². The van der Waals surface area contributed by atoms with Gasteiger partial charge in [-0.15, -0.1) is 0 Å². The van der Waals surface area contributed by atoms with E-state index in [0.29, 0.717) is 12.5 Å². The number of pyridine rings is 1. The van der Waals surface area contributed by atoms with Gasteiger partial charge in [0.2, 0.25) is 5.95 Å². The molecule has 0 bridgehead atoms. The first-order chi connectivity index (χ1) is 12.4. The van der Waals surface area contributed by atoms with Gasteiger partial charge < -0.3 is 5.32 Å². The number of H-pyrrole nitrogens is 1. The third-order valence-corrected chi connectivity index (χ3v) is 3.75. The highest BCUT2D eigenvalue weighted by Gasteiger charge is 2.05. The summed E-state index contributed by atoms with van der Waals surface area (Å²) in [6, 6.07) is 17.8. The van der Waals surface area contributed by atoms with Gasteiger partial charge in [-0.2, -0.15) is 5.10 Å². The molecule has 0 atom stereocenters. The van der Waals surface area contributed by atoms with E-state index in [4.69, 9.17) is 0 Å². The Morgan fingerprint density at radius 1 is 0.880 bits per heavy atom. The minimum Gasteiger partial charge on any atom is -0.349 e. The third kappa shape index (κ3) is 3.53. The van der Waals surface area contributed by atoms with Crippen molar-refractivity contribution in [1.82, 2.24) is 25.1 Å². The number of hydrogen-bond donors (Lipinski definition) is 2. The zero-order chi connectivity index (χ0) is 16.9. The van der Waals surface area contributed by atoms with Crippen LogP contribution in [0.2, 0.25) is 0 Å². The zero-order valence-electron chi connectivity index (χ0n) is 13.4. The minimum absolute atomic E-state index is 0.566. The number of nitrogens with zero attached hydrogens (tertiary/aromatic N) is 4. The van der Waals surface area contributed by atoms with Crippen molar-refractivity contribution >= 4 is 5.95 Å². The molecule has 3 heterocycles. The van der Waals surface area contributed by atoms with Crippen LogP contribution in [0.4, 0.5) is 5.95 Å². The van der Waals surface area contributed by atoms with Gasteiger partial charge in [0, 0.05) is 29.7 Å². The average Bonchev–Trinajstić information content (AvgIpc) is 3.17. The Kier molecular flexibility index (Phi) is 4.16. The maximum atomic E-state index is 4.53. The van der Waals surface area contributed by atoms with Crippen molar-refractivity contribution in [3.8, 4) is 22.5 Å². The van der Waals surface area contributed by atoms with Gasteiger partial charge in [0.05, 0.1) is 23.6 Å². The molecule has 0 aliphatic carbocycles. The largest absolute Gasteiger partial charge is 0.349 e. The Morgan fingerprint density at radius 3 is 2.60 bits per heavy atom. The van der Waals surface area contributed by atoms with Crippen molar-refractivity contribution in [1.29, 1.82) is 0 Å². The van der Waals surface area contributed by atoms with Crippen molar-refractivity contribution in [2.75, 3.05) is 5.32 Å². The summed E-state index contributed by atoms with van der Waals surface area (Å²) >= 11 is 0. The first-order valence-electron chi connectivity index (χ1n) is 7.95. The second kappa shape index (κ2) is 6.92. The zero-order valence-corrected chi connectivity index (χ0v) is 13.4. The molecule has 25 heavy (non-hydrogen) atoms. The lowest BCUT2D eigenvalue weighted by Crippen LogP contribution is -2.04. The van der Waals surface area contributed by atoms with Crippen molar-refractivity contribution in [3.05, 3.63) is 78.9 Å². The smallest absolute Gasteiger partial charge is 0.223 e. The van der Waals surface area contributed by atoms with Crippen LogP contribution >= 0.6 is 0 Å². The molecular formula is C19H16N6. The molecule has 0 amide bonds. The van der Waals surface area contributed by atoms with Crippen LogP contribution in [0.3, 0.4) is 0 Å². The molecule has 0 spiro atoms. The minimum atomic E-state index is 0.566. The lowest BCUT2D eigenvalue weighted by atomic mass is 10.1. The molecule has 0 aliphatic rings. The standard InChI is InChI=1S/C19H16N6/c1-2-5-14(6-3-1)18-11-16(24-25-18)13-22-19-21-10-8-17(23-19)15-7-4-9-20-12-15/h1-12H,13H2,(H,24,25)(H,21,22,23). The summed E-state index contributed by atoms with van der Waals surface area (Å²) in [5.41, 5.74) is 4.76. The number of rotatable bonds is 5. The van der Waals surface area contributed by atoms with Crippen LogP contribution in [0.25, 0.3) is 22.5 Å². The second-order valence-electron chi connectivity index (χ2n) is 5.51. The molecule has 6 nitrogen and oxygen atoms in total. The summed E-state index contributed by atoms with van der Waals surface area (Å²) in [6.07, 6.45) is 5.26. The van der Waals surface area contributed by atoms with Gasteiger partial charge in [-0.05, 0) is 24.3 Å². The summed E-state index contributed by atoms with van der Waals surface area (Å²) in [5.74, 6) is 0.567. The third-order valence-electron chi connectivity index (χ3n) is 3.75. The van der Waals surface area contributed by atoms with E-state index in [9.17, 15) is 0 Å². The van der Waals surface area contributed by atoms with Gasteiger partial charge >= 0.3 is 0 Å². The molecule has 0 saturated carbocycles. The van der Waals surface area contributed by atoms with Gasteiger partial charge in [0.25, 0.3) is 0 Å². The Labute approximate surface area is 145 Å². The number of benzene rings is 1. The van der Waals surface area contributed by atoms with Gasteiger partial charge in [0.15, 0.2) is 0 Å². The Bertz CT molecular complexity index is 950. The van der Waals surface area contributed by atoms with Gasteiger partial charge in [-0.1, -0.05) is 30.3 Å². The molecule has 0 radical (unpaired) electrons. The van der Waals surface area contributed by atoms with Gasteiger partial charge in [-0.3, -0.25) is 10.1 Å². The monoisotopic (exact) mass is 328 g/mol. The molecule has 6 heteroatoms. The summed E-state index contributed by atoms with van der Waals surface area (Å²) in [4.78, 5) is 12.9. The Balaban J connectivity index is 1.46. The molecule has 4 aromatic rings. The van der Waals surface area contributed by atoms with Crippen LogP contribution in [0.15, 0.2) is 73.2 Å². The van der Waals surface area contributed by atoms with Crippen LogP contribution in [0.5, 0.6) is 0 Å². The van der Waals surface area contributed by atoms with E-state index >= 15 is 0 Å². The van der Waals surface area contributed by atoms with Crippen LogP contribution in [-0.4, -0.2) is 25.1 Å². The Hall–Kier alpha value is -3.54. The highest BCUT2D eigenvalue weighted by Crippen LogP contribution is 2.18. The van der Waals surface area contributed by atoms with Crippen molar-refractivity contribution in [3.63, 3.8) is 0 Å². The molecule has 0 fully saturated rings. The summed E-state index contributed by atoms with van der Waals surface area (Å²) in [7, 11) is 0.